The van der Waals surface area contributed by atoms with Gasteiger partial charge in [0.1, 0.15) is 0 Å². The number of aromatic nitrogens is 2. The molecule has 1 aliphatic rings. The van der Waals surface area contributed by atoms with E-state index in [0.29, 0.717) is 5.95 Å². The molecular formula is C14H18BrN3. The molecule has 1 saturated carbocycles. The molecule has 2 aromatic rings. The predicted molar refractivity (Wildman–Crippen MR) is 78.4 cm³/mol. The summed E-state index contributed by atoms with van der Waals surface area (Å²) in [5.74, 6) is 1.41. The van der Waals surface area contributed by atoms with E-state index in [4.69, 9.17) is 5.73 Å². The number of nitrogens with two attached hydrogens (primary N) is 1. The van der Waals surface area contributed by atoms with E-state index in [2.05, 4.69) is 31.5 Å². The highest BCUT2D eigenvalue weighted by molar-refractivity contribution is 9.10. The zero-order chi connectivity index (χ0) is 12.5. The van der Waals surface area contributed by atoms with Crippen molar-refractivity contribution in [1.29, 1.82) is 0 Å². The Morgan fingerprint density at radius 1 is 1.28 bits per heavy atom. The first-order chi connectivity index (χ1) is 8.74. The molecule has 4 heteroatoms. The molecule has 0 radical (unpaired) electrons. The summed E-state index contributed by atoms with van der Waals surface area (Å²) < 4.78 is 3.26. The van der Waals surface area contributed by atoms with Crippen LogP contribution in [0.15, 0.2) is 22.7 Å². The molecule has 3 rings (SSSR count). The number of halogens is 1. The van der Waals surface area contributed by atoms with Crippen molar-refractivity contribution in [2.45, 2.75) is 38.6 Å². The molecule has 1 aromatic heterocycles. The van der Waals surface area contributed by atoms with Crippen LogP contribution in [0.25, 0.3) is 11.0 Å². The number of nitrogen functional groups attached to an aromatic ring is 1. The lowest BCUT2D eigenvalue weighted by Gasteiger charge is -2.22. The van der Waals surface area contributed by atoms with Crippen molar-refractivity contribution in [2.75, 3.05) is 5.73 Å². The number of anilines is 1. The van der Waals surface area contributed by atoms with Crippen LogP contribution in [0.3, 0.4) is 0 Å². The minimum Gasteiger partial charge on any atom is -0.369 e. The molecule has 1 aliphatic carbocycles. The van der Waals surface area contributed by atoms with Gasteiger partial charge in [-0.3, -0.25) is 0 Å². The largest absolute Gasteiger partial charge is 0.369 e. The number of hydrogen-bond donors (Lipinski definition) is 1. The third-order valence-corrected chi connectivity index (χ3v) is 4.40. The van der Waals surface area contributed by atoms with Gasteiger partial charge in [-0.1, -0.05) is 35.2 Å². The molecule has 3 nitrogen and oxygen atoms in total. The van der Waals surface area contributed by atoms with Crippen LogP contribution in [0.1, 0.15) is 32.1 Å². The standard InChI is InChI=1S/C14H18BrN3/c15-11-6-7-12-13(8-11)18(14(16)17-12)9-10-4-2-1-3-5-10/h6-8,10H,1-5,9H2,(H2,16,17). The van der Waals surface area contributed by atoms with Crippen LogP contribution < -0.4 is 5.73 Å². The first-order valence-corrected chi connectivity index (χ1v) is 7.44. The van der Waals surface area contributed by atoms with Crippen molar-refractivity contribution < 1.29 is 0 Å². The van der Waals surface area contributed by atoms with Gasteiger partial charge < -0.3 is 10.3 Å². The summed E-state index contributed by atoms with van der Waals surface area (Å²) in [4.78, 5) is 4.44. The number of nitrogens with zero attached hydrogens (tertiary/aromatic N) is 2. The molecule has 2 N–H and O–H groups in total. The highest BCUT2D eigenvalue weighted by Crippen LogP contribution is 2.28. The van der Waals surface area contributed by atoms with Gasteiger partial charge in [-0.05, 0) is 37.0 Å². The van der Waals surface area contributed by atoms with Crippen LogP contribution in [0.4, 0.5) is 5.95 Å². The lowest BCUT2D eigenvalue weighted by atomic mass is 9.89. The molecule has 1 heterocycles. The zero-order valence-electron chi connectivity index (χ0n) is 10.4. The van der Waals surface area contributed by atoms with Gasteiger partial charge in [0.05, 0.1) is 11.0 Å². The smallest absolute Gasteiger partial charge is 0.201 e. The normalized spacial score (nSPS) is 17.4. The van der Waals surface area contributed by atoms with Crippen LogP contribution in [0.2, 0.25) is 0 Å². The Hall–Kier alpha value is -1.03. The van der Waals surface area contributed by atoms with Gasteiger partial charge in [0.25, 0.3) is 0 Å². The fourth-order valence-electron chi connectivity index (χ4n) is 2.93. The molecule has 0 bridgehead atoms. The Balaban J connectivity index is 1.94. The molecule has 0 spiro atoms. The molecule has 1 aromatic carbocycles. The van der Waals surface area contributed by atoms with Crippen molar-refractivity contribution in [1.82, 2.24) is 9.55 Å². The van der Waals surface area contributed by atoms with Crippen LogP contribution in [0.5, 0.6) is 0 Å². The van der Waals surface area contributed by atoms with Crippen molar-refractivity contribution in [3.05, 3.63) is 22.7 Å². The van der Waals surface area contributed by atoms with Crippen molar-refractivity contribution in [2.24, 2.45) is 5.92 Å². The van der Waals surface area contributed by atoms with Crippen molar-refractivity contribution >= 4 is 32.9 Å². The number of rotatable bonds is 2. The van der Waals surface area contributed by atoms with E-state index in [1.165, 1.54) is 32.1 Å². The minimum atomic E-state index is 0.647. The predicted octanol–water partition coefficient (Wildman–Crippen LogP) is 3.96. The Morgan fingerprint density at radius 2 is 2.06 bits per heavy atom. The second-order valence-electron chi connectivity index (χ2n) is 5.22. The van der Waals surface area contributed by atoms with Crippen LogP contribution in [0, 0.1) is 5.92 Å². The van der Waals surface area contributed by atoms with E-state index in [-0.39, 0.29) is 0 Å². The highest BCUT2D eigenvalue weighted by atomic mass is 79.9. The molecule has 0 atom stereocenters. The molecule has 0 aliphatic heterocycles. The second-order valence-corrected chi connectivity index (χ2v) is 6.13. The van der Waals surface area contributed by atoms with E-state index in [9.17, 15) is 0 Å². The van der Waals surface area contributed by atoms with Gasteiger partial charge in [-0.25, -0.2) is 4.98 Å². The molecule has 18 heavy (non-hydrogen) atoms. The monoisotopic (exact) mass is 307 g/mol. The van der Waals surface area contributed by atoms with E-state index in [0.717, 1.165) is 28.0 Å². The van der Waals surface area contributed by atoms with Gasteiger partial charge >= 0.3 is 0 Å². The quantitative estimate of drug-likeness (QED) is 0.912. The molecule has 1 fully saturated rings. The molecule has 0 amide bonds. The third-order valence-electron chi connectivity index (χ3n) is 3.91. The van der Waals surface area contributed by atoms with E-state index < -0.39 is 0 Å². The van der Waals surface area contributed by atoms with Crippen LogP contribution in [-0.2, 0) is 6.54 Å². The van der Waals surface area contributed by atoms with E-state index >= 15 is 0 Å². The number of benzene rings is 1. The summed E-state index contributed by atoms with van der Waals surface area (Å²) in [7, 11) is 0. The fraction of sp³-hybridized carbons (Fsp3) is 0.500. The van der Waals surface area contributed by atoms with Gasteiger partial charge in [0, 0.05) is 11.0 Å². The van der Waals surface area contributed by atoms with Gasteiger partial charge in [0.2, 0.25) is 5.95 Å². The molecule has 0 saturated heterocycles. The van der Waals surface area contributed by atoms with Gasteiger partial charge in [-0.15, -0.1) is 0 Å². The maximum atomic E-state index is 6.06. The van der Waals surface area contributed by atoms with Crippen LogP contribution >= 0.6 is 15.9 Å². The summed E-state index contributed by atoms with van der Waals surface area (Å²) in [5, 5.41) is 0. The topological polar surface area (TPSA) is 43.8 Å². The molecule has 0 unspecified atom stereocenters. The first-order valence-electron chi connectivity index (χ1n) is 6.65. The summed E-state index contributed by atoms with van der Waals surface area (Å²) in [6.07, 6.45) is 6.77. The van der Waals surface area contributed by atoms with Crippen molar-refractivity contribution in [3.63, 3.8) is 0 Å². The maximum absolute atomic E-state index is 6.06. The Labute approximate surface area is 116 Å². The Bertz CT molecular complexity index is 555. The fourth-order valence-corrected chi connectivity index (χ4v) is 3.28. The Kier molecular flexibility index (Phi) is 3.29. The van der Waals surface area contributed by atoms with E-state index in [1.54, 1.807) is 0 Å². The zero-order valence-corrected chi connectivity index (χ0v) is 12.0. The number of fused-ring (bicyclic) bond motifs is 1. The second kappa shape index (κ2) is 4.92. The third kappa shape index (κ3) is 2.26. The minimum absolute atomic E-state index is 0.647. The average Bonchev–Trinajstić information content (AvgIpc) is 2.67. The summed E-state index contributed by atoms with van der Waals surface area (Å²) >= 11 is 3.52. The van der Waals surface area contributed by atoms with E-state index in [1.807, 2.05) is 12.1 Å². The summed E-state index contributed by atoms with van der Waals surface area (Å²) in [6, 6.07) is 6.15. The SMILES string of the molecule is Nc1nc2ccc(Br)cc2n1CC1CCCCC1. The summed E-state index contributed by atoms with van der Waals surface area (Å²) in [5.41, 5.74) is 8.20. The molecule has 96 valence electrons. The van der Waals surface area contributed by atoms with Gasteiger partial charge in [-0.2, -0.15) is 0 Å². The lowest BCUT2D eigenvalue weighted by Crippen LogP contribution is -2.15. The van der Waals surface area contributed by atoms with Crippen molar-refractivity contribution in [3.8, 4) is 0 Å². The maximum Gasteiger partial charge on any atom is 0.201 e. The number of imidazole rings is 1. The summed E-state index contributed by atoms with van der Waals surface area (Å²) in [6.45, 7) is 1.01. The Morgan fingerprint density at radius 3 is 2.83 bits per heavy atom. The number of hydrogen-bond acceptors (Lipinski definition) is 2. The lowest BCUT2D eigenvalue weighted by molar-refractivity contribution is 0.323. The van der Waals surface area contributed by atoms with Gasteiger partial charge in [0.15, 0.2) is 0 Å². The first kappa shape index (κ1) is 12.0. The van der Waals surface area contributed by atoms with Crippen LogP contribution in [-0.4, -0.2) is 9.55 Å². The highest BCUT2D eigenvalue weighted by Gasteiger charge is 2.17. The molecular weight excluding hydrogens is 290 g/mol. The average molecular weight is 308 g/mol.